The highest BCUT2D eigenvalue weighted by atomic mass is 16.2. The molecule has 0 spiro atoms. The molecule has 0 aromatic rings. The van der Waals surface area contributed by atoms with Gasteiger partial charge >= 0.3 is 6.03 Å². The van der Waals surface area contributed by atoms with Gasteiger partial charge < -0.3 is 15.1 Å². The van der Waals surface area contributed by atoms with Gasteiger partial charge in [0.2, 0.25) is 0 Å². The van der Waals surface area contributed by atoms with Gasteiger partial charge in [0.1, 0.15) is 0 Å². The molecule has 4 heteroatoms. The first-order chi connectivity index (χ1) is 7.08. The summed E-state index contributed by atoms with van der Waals surface area (Å²) in [6.45, 7) is 11.5. The van der Waals surface area contributed by atoms with E-state index in [1.54, 1.807) is 0 Å². The first kappa shape index (κ1) is 12.3. The van der Waals surface area contributed by atoms with E-state index >= 15 is 0 Å². The van der Waals surface area contributed by atoms with E-state index in [1.807, 2.05) is 23.6 Å². The van der Waals surface area contributed by atoms with Crippen LogP contribution in [-0.4, -0.2) is 54.1 Å². The average Bonchev–Trinajstić information content (AvgIpc) is 2.18. The predicted octanol–water partition coefficient (Wildman–Crippen LogP) is 1.13. The summed E-state index contributed by atoms with van der Waals surface area (Å²) in [7, 11) is 0. The molecule has 1 rings (SSSR count). The Morgan fingerprint density at radius 1 is 1.27 bits per heavy atom. The molecule has 0 aliphatic carbocycles. The minimum absolute atomic E-state index is 0.181. The van der Waals surface area contributed by atoms with Gasteiger partial charge in [-0.2, -0.15) is 0 Å². The summed E-state index contributed by atoms with van der Waals surface area (Å²) in [6, 6.07) is 0.974. The molecule has 1 aliphatic rings. The molecule has 0 aromatic heterocycles. The van der Waals surface area contributed by atoms with Crippen molar-refractivity contribution < 1.29 is 4.79 Å². The van der Waals surface area contributed by atoms with Gasteiger partial charge in [-0.05, 0) is 27.7 Å². The highest BCUT2D eigenvalue weighted by Crippen LogP contribution is 2.07. The molecule has 2 unspecified atom stereocenters. The van der Waals surface area contributed by atoms with E-state index in [0.29, 0.717) is 12.1 Å². The fraction of sp³-hybridized carbons (Fsp3) is 0.909. The van der Waals surface area contributed by atoms with Crippen molar-refractivity contribution in [2.75, 3.05) is 26.2 Å². The normalized spacial score (nSPS) is 26.5. The second kappa shape index (κ2) is 5.35. The van der Waals surface area contributed by atoms with Crippen LogP contribution < -0.4 is 5.32 Å². The van der Waals surface area contributed by atoms with E-state index in [4.69, 9.17) is 0 Å². The molecule has 2 amide bonds. The SMILES string of the molecule is CCN(CC)C(=O)N1CC(C)NC(C)C1. The molecule has 1 N–H and O–H groups in total. The lowest BCUT2D eigenvalue weighted by molar-refractivity contribution is 0.131. The lowest BCUT2D eigenvalue weighted by Crippen LogP contribution is -2.58. The topological polar surface area (TPSA) is 35.6 Å². The summed E-state index contributed by atoms with van der Waals surface area (Å²) in [6.07, 6.45) is 0. The van der Waals surface area contributed by atoms with Gasteiger partial charge in [0, 0.05) is 38.3 Å². The van der Waals surface area contributed by atoms with Gasteiger partial charge in [-0.15, -0.1) is 0 Å². The zero-order chi connectivity index (χ0) is 11.4. The fourth-order valence-electron chi connectivity index (χ4n) is 2.18. The zero-order valence-electron chi connectivity index (χ0n) is 10.3. The summed E-state index contributed by atoms with van der Waals surface area (Å²) in [5.74, 6) is 0. The molecule has 4 nitrogen and oxygen atoms in total. The molecule has 15 heavy (non-hydrogen) atoms. The Hall–Kier alpha value is -0.770. The monoisotopic (exact) mass is 213 g/mol. The van der Waals surface area contributed by atoms with Gasteiger partial charge in [0.15, 0.2) is 0 Å². The Labute approximate surface area is 92.6 Å². The minimum atomic E-state index is 0.181. The quantitative estimate of drug-likeness (QED) is 0.746. The number of hydrogen-bond acceptors (Lipinski definition) is 2. The van der Waals surface area contributed by atoms with Crippen LogP contribution in [0.25, 0.3) is 0 Å². The van der Waals surface area contributed by atoms with Crippen LogP contribution in [0.5, 0.6) is 0 Å². The average molecular weight is 213 g/mol. The van der Waals surface area contributed by atoms with Gasteiger partial charge in [-0.25, -0.2) is 4.79 Å². The molecule has 1 heterocycles. The molecular formula is C11H23N3O. The molecule has 0 bridgehead atoms. The molecule has 88 valence electrons. The third-order valence-electron chi connectivity index (χ3n) is 2.86. The van der Waals surface area contributed by atoms with E-state index in [2.05, 4.69) is 19.2 Å². The van der Waals surface area contributed by atoms with Gasteiger partial charge in [0.05, 0.1) is 0 Å². The third-order valence-corrected chi connectivity index (χ3v) is 2.86. The number of hydrogen-bond donors (Lipinski definition) is 1. The van der Waals surface area contributed by atoms with Crippen LogP contribution in [0.15, 0.2) is 0 Å². The number of urea groups is 1. The largest absolute Gasteiger partial charge is 0.325 e. The maximum atomic E-state index is 12.1. The number of nitrogens with zero attached hydrogens (tertiary/aromatic N) is 2. The van der Waals surface area contributed by atoms with E-state index in [9.17, 15) is 4.79 Å². The standard InChI is InChI=1S/C11H23N3O/c1-5-13(6-2)11(15)14-7-9(3)12-10(4)8-14/h9-10,12H,5-8H2,1-4H3. The molecule has 0 radical (unpaired) electrons. The van der Waals surface area contributed by atoms with E-state index in [1.165, 1.54) is 0 Å². The molecule has 0 saturated carbocycles. The van der Waals surface area contributed by atoms with Crippen molar-refractivity contribution in [3.63, 3.8) is 0 Å². The Kier molecular flexibility index (Phi) is 4.39. The number of piperazine rings is 1. The lowest BCUT2D eigenvalue weighted by Gasteiger charge is -2.38. The first-order valence-electron chi connectivity index (χ1n) is 5.88. The molecule has 1 aliphatic heterocycles. The summed E-state index contributed by atoms with van der Waals surface area (Å²) in [5.41, 5.74) is 0. The second-order valence-electron chi connectivity index (χ2n) is 4.33. The second-order valence-corrected chi connectivity index (χ2v) is 4.33. The Morgan fingerprint density at radius 3 is 2.13 bits per heavy atom. The van der Waals surface area contributed by atoms with Crippen LogP contribution in [-0.2, 0) is 0 Å². The number of carbonyl (C=O) groups excluding carboxylic acids is 1. The fourth-order valence-corrected chi connectivity index (χ4v) is 2.18. The van der Waals surface area contributed by atoms with Crippen molar-refractivity contribution in [2.24, 2.45) is 0 Å². The molecular weight excluding hydrogens is 190 g/mol. The van der Waals surface area contributed by atoms with Crippen molar-refractivity contribution >= 4 is 6.03 Å². The molecule has 1 saturated heterocycles. The number of nitrogens with one attached hydrogen (secondary N) is 1. The van der Waals surface area contributed by atoms with Crippen molar-refractivity contribution in [1.29, 1.82) is 0 Å². The molecule has 2 atom stereocenters. The van der Waals surface area contributed by atoms with E-state index in [0.717, 1.165) is 26.2 Å². The van der Waals surface area contributed by atoms with Gasteiger partial charge in [0.25, 0.3) is 0 Å². The van der Waals surface area contributed by atoms with E-state index in [-0.39, 0.29) is 6.03 Å². The van der Waals surface area contributed by atoms with Crippen LogP contribution in [0.1, 0.15) is 27.7 Å². The lowest BCUT2D eigenvalue weighted by atomic mass is 10.1. The number of carbonyl (C=O) groups is 1. The van der Waals surface area contributed by atoms with Crippen molar-refractivity contribution in [3.8, 4) is 0 Å². The molecule has 0 aromatic carbocycles. The summed E-state index contributed by atoms with van der Waals surface area (Å²) >= 11 is 0. The minimum Gasteiger partial charge on any atom is -0.325 e. The van der Waals surface area contributed by atoms with Gasteiger partial charge in [-0.1, -0.05) is 0 Å². The maximum absolute atomic E-state index is 12.1. The van der Waals surface area contributed by atoms with Crippen LogP contribution in [0, 0.1) is 0 Å². The highest BCUT2D eigenvalue weighted by Gasteiger charge is 2.26. The predicted molar refractivity (Wildman–Crippen MR) is 61.9 cm³/mol. The Bertz CT molecular complexity index is 206. The zero-order valence-corrected chi connectivity index (χ0v) is 10.3. The first-order valence-corrected chi connectivity index (χ1v) is 5.88. The van der Waals surface area contributed by atoms with Crippen LogP contribution >= 0.6 is 0 Å². The van der Waals surface area contributed by atoms with Crippen LogP contribution in [0.3, 0.4) is 0 Å². The van der Waals surface area contributed by atoms with Gasteiger partial charge in [-0.3, -0.25) is 0 Å². The summed E-state index contributed by atoms with van der Waals surface area (Å²) in [5, 5.41) is 3.43. The third kappa shape index (κ3) is 3.09. The van der Waals surface area contributed by atoms with Crippen LogP contribution in [0.4, 0.5) is 4.79 Å². The van der Waals surface area contributed by atoms with Crippen molar-refractivity contribution in [3.05, 3.63) is 0 Å². The maximum Gasteiger partial charge on any atom is 0.320 e. The number of rotatable bonds is 2. The smallest absolute Gasteiger partial charge is 0.320 e. The van der Waals surface area contributed by atoms with Crippen LogP contribution in [0.2, 0.25) is 0 Å². The summed E-state index contributed by atoms with van der Waals surface area (Å²) < 4.78 is 0. The van der Waals surface area contributed by atoms with Crippen molar-refractivity contribution in [2.45, 2.75) is 39.8 Å². The number of amides is 2. The molecule has 1 fully saturated rings. The Balaban J connectivity index is 2.58. The summed E-state index contributed by atoms with van der Waals surface area (Å²) in [4.78, 5) is 15.9. The Morgan fingerprint density at radius 2 is 1.73 bits per heavy atom. The van der Waals surface area contributed by atoms with E-state index < -0.39 is 0 Å². The van der Waals surface area contributed by atoms with Crippen molar-refractivity contribution in [1.82, 2.24) is 15.1 Å². The highest BCUT2D eigenvalue weighted by molar-refractivity contribution is 5.74.